The second-order valence-corrected chi connectivity index (χ2v) is 7.48. The van der Waals surface area contributed by atoms with Gasteiger partial charge in [-0.15, -0.1) is 11.3 Å². The minimum absolute atomic E-state index is 0.0406. The second-order valence-electron chi connectivity index (χ2n) is 6.54. The van der Waals surface area contributed by atoms with Gasteiger partial charge >= 0.3 is 0 Å². The lowest BCUT2D eigenvalue weighted by molar-refractivity contribution is 0.0759. The van der Waals surface area contributed by atoms with E-state index >= 15 is 0 Å². The number of hydrogen-bond donors (Lipinski definition) is 1. The maximum absolute atomic E-state index is 12.6. The average Bonchev–Trinajstić information content (AvgIpc) is 3.21. The Labute approximate surface area is 144 Å². The molecule has 8 heteroatoms. The molecule has 2 aromatic rings. The third kappa shape index (κ3) is 3.82. The molecule has 1 aliphatic rings. The third-order valence-corrected chi connectivity index (χ3v) is 4.89. The molecule has 0 aliphatic carbocycles. The molecule has 0 aromatic carbocycles. The van der Waals surface area contributed by atoms with E-state index in [1.54, 1.807) is 10.3 Å². The summed E-state index contributed by atoms with van der Waals surface area (Å²) < 4.78 is 5.22. The van der Waals surface area contributed by atoms with Gasteiger partial charge in [-0.05, 0) is 21.0 Å². The molecule has 1 aliphatic heterocycles. The van der Waals surface area contributed by atoms with Crippen LogP contribution in [0.1, 0.15) is 27.0 Å². The molecule has 1 amide bonds. The Morgan fingerprint density at radius 2 is 2.29 bits per heavy atom. The van der Waals surface area contributed by atoms with E-state index in [0.29, 0.717) is 31.7 Å². The standard InChI is InChI=1S/C16H22N4O3S/c1-10-4-12(23-18-10)5-11-6-20(7-14(11)21)16(22)13-9-24-15(17-13)8-19(2)3/h4,9,11,14,21H,5-8H2,1-3H3/t11-,14+/m1/s1. The number of aryl methyl sites for hydroxylation is 1. The highest BCUT2D eigenvalue weighted by Gasteiger charge is 2.35. The summed E-state index contributed by atoms with van der Waals surface area (Å²) in [5, 5.41) is 16.8. The number of carbonyl (C=O) groups excluding carboxylic acids is 1. The van der Waals surface area contributed by atoms with Crippen molar-refractivity contribution in [3.05, 3.63) is 33.6 Å². The predicted molar refractivity (Wildman–Crippen MR) is 89.8 cm³/mol. The molecule has 7 nitrogen and oxygen atoms in total. The van der Waals surface area contributed by atoms with Gasteiger partial charge in [0.15, 0.2) is 0 Å². The third-order valence-electron chi connectivity index (χ3n) is 4.06. The van der Waals surface area contributed by atoms with Crippen LogP contribution in [0.25, 0.3) is 0 Å². The first-order valence-corrected chi connectivity index (χ1v) is 8.79. The van der Waals surface area contributed by atoms with Crippen molar-refractivity contribution in [3.63, 3.8) is 0 Å². The van der Waals surface area contributed by atoms with Gasteiger partial charge in [-0.25, -0.2) is 4.98 Å². The number of aliphatic hydroxyl groups excluding tert-OH is 1. The first-order valence-electron chi connectivity index (χ1n) is 7.91. The molecule has 0 spiro atoms. The van der Waals surface area contributed by atoms with Crippen LogP contribution in [0.5, 0.6) is 0 Å². The van der Waals surface area contributed by atoms with E-state index in [-0.39, 0.29) is 11.8 Å². The Morgan fingerprint density at radius 1 is 1.50 bits per heavy atom. The molecule has 3 rings (SSSR count). The van der Waals surface area contributed by atoms with Gasteiger partial charge in [0.2, 0.25) is 0 Å². The Balaban J connectivity index is 1.63. The van der Waals surface area contributed by atoms with E-state index in [4.69, 9.17) is 4.52 Å². The molecule has 2 aromatic heterocycles. The molecule has 24 heavy (non-hydrogen) atoms. The zero-order chi connectivity index (χ0) is 17.3. The molecule has 1 N–H and O–H groups in total. The highest BCUT2D eigenvalue weighted by Crippen LogP contribution is 2.24. The van der Waals surface area contributed by atoms with Crippen molar-refractivity contribution in [2.24, 2.45) is 5.92 Å². The van der Waals surface area contributed by atoms with Crippen molar-refractivity contribution in [1.29, 1.82) is 0 Å². The van der Waals surface area contributed by atoms with Crippen molar-refractivity contribution >= 4 is 17.2 Å². The normalized spacial score (nSPS) is 21.0. The lowest BCUT2D eigenvalue weighted by Crippen LogP contribution is -2.30. The first-order chi connectivity index (χ1) is 11.4. The maximum atomic E-state index is 12.6. The summed E-state index contributed by atoms with van der Waals surface area (Å²) >= 11 is 1.49. The van der Waals surface area contributed by atoms with Crippen molar-refractivity contribution in [3.8, 4) is 0 Å². The lowest BCUT2D eigenvalue weighted by atomic mass is 10.0. The zero-order valence-electron chi connectivity index (χ0n) is 14.1. The number of aliphatic hydroxyl groups is 1. The summed E-state index contributed by atoms with van der Waals surface area (Å²) in [4.78, 5) is 20.7. The monoisotopic (exact) mass is 350 g/mol. The van der Waals surface area contributed by atoms with Gasteiger partial charge in [-0.2, -0.15) is 0 Å². The number of likely N-dealkylation sites (tertiary alicyclic amines) is 1. The van der Waals surface area contributed by atoms with Crippen LogP contribution < -0.4 is 0 Å². The van der Waals surface area contributed by atoms with Crippen LogP contribution in [0.2, 0.25) is 0 Å². The van der Waals surface area contributed by atoms with Crippen molar-refractivity contribution in [1.82, 2.24) is 19.9 Å². The number of carbonyl (C=O) groups is 1. The Bertz CT molecular complexity index is 712. The van der Waals surface area contributed by atoms with Crippen LogP contribution in [0.3, 0.4) is 0 Å². The molecule has 1 fully saturated rings. The number of rotatable bonds is 5. The fourth-order valence-electron chi connectivity index (χ4n) is 2.91. The van der Waals surface area contributed by atoms with Gasteiger partial charge in [-0.3, -0.25) is 4.79 Å². The summed E-state index contributed by atoms with van der Waals surface area (Å²) in [6.07, 6.45) is 0.0218. The van der Waals surface area contributed by atoms with Crippen molar-refractivity contribution < 1.29 is 14.4 Å². The molecule has 0 unspecified atom stereocenters. The van der Waals surface area contributed by atoms with E-state index in [9.17, 15) is 9.90 Å². The molecular formula is C16H22N4O3S. The maximum Gasteiger partial charge on any atom is 0.273 e. The lowest BCUT2D eigenvalue weighted by Gasteiger charge is -2.14. The largest absolute Gasteiger partial charge is 0.391 e. The fraction of sp³-hybridized carbons (Fsp3) is 0.562. The van der Waals surface area contributed by atoms with Crippen molar-refractivity contribution in [2.45, 2.75) is 26.0 Å². The molecule has 0 saturated carbocycles. The van der Waals surface area contributed by atoms with E-state index in [2.05, 4.69) is 10.1 Å². The molecule has 0 bridgehead atoms. The predicted octanol–water partition coefficient (Wildman–Crippen LogP) is 1.18. The van der Waals surface area contributed by atoms with E-state index in [0.717, 1.165) is 16.5 Å². The highest BCUT2D eigenvalue weighted by molar-refractivity contribution is 7.09. The minimum atomic E-state index is -0.556. The van der Waals surface area contributed by atoms with E-state index in [1.807, 2.05) is 32.0 Å². The van der Waals surface area contributed by atoms with Gasteiger partial charge in [0, 0.05) is 43.4 Å². The average molecular weight is 350 g/mol. The molecule has 1 saturated heterocycles. The Hall–Kier alpha value is -1.77. The topological polar surface area (TPSA) is 82.7 Å². The Morgan fingerprint density at radius 3 is 2.96 bits per heavy atom. The summed E-state index contributed by atoms with van der Waals surface area (Å²) in [6, 6.07) is 1.87. The highest BCUT2D eigenvalue weighted by atomic mass is 32.1. The van der Waals surface area contributed by atoms with Crippen LogP contribution in [-0.2, 0) is 13.0 Å². The molecule has 130 valence electrons. The van der Waals surface area contributed by atoms with Gasteiger partial charge in [0.25, 0.3) is 5.91 Å². The summed E-state index contributed by atoms with van der Waals surface area (Å²) in [5.41, 5.74) is 1.28. The molecule has 3 heterocycles. The first kappa shape index (κ1) is 17.1. The number of aromatic nitrogens is 2. The second kappa shape index (κ2) is 7.00. The number of amides is 1. The SMILES string of the molecule is Cc1cc(C[C@@H]2CN(C(=O)c3csc(CN(C)C)n3)C[C@@H]2O)on1. The summed E-state index contributed by atoms with van der Waals surface area (Å²) in [5.74, 6) is 0.584. The van der Waals surface area contributed by atoms with Gasteiger partial charge in [0.1, 0.15) is 16.5 Å². The Kier molecular flexibility index (Phi) is 4.98. The van der Waals surface area contributed by atoms with Crippen LogP contribution in [0.4, 0.5) is 0 Å². The fourth-order valence-corrected chi connectivity index (χ4v) is 3.79. The molecule has 2 atom stereocenters. The number of hydrogen-bond acceptors (Lipinski definition) is 7. The van der Waals surface area contributed by atoms with Crippen LogP contribution in [0, 0.1) is 12.8 Å². The number of nitrogens with zero attached hydrogens (tertiary/aromatic N) is 4. The van der Waals surface area contributed by atoms with Crippen molar-refractivity contribution in [2.75, 3.05) is 27.2 Å². The van der Waals surface area contributed by atoms with Crippen LogP contribution >= 0.6 is 11.3 Å². The van der Waals surface area contributed by atoms with E-state index in [1.165, 1.54) is 11.3 Å². The quantitative estimate of drug-likeness (QED) is 0.872. The van der Waals surface area contributed by atoms with Gasteiger partial charge in [0.05, 0.1) is 11.8 Å². The number of thiazole rings is 1. The summed E-state index contributed by atoms with van der Waals surface area (Å²) in [7, 11) is 3.94. The minimum Gasteiger partial charge on any atom is -0.391 e. The van der Waals surface area contributed by atoms with Crippen LogP contribution in [-0.4, -0.2) is 64.2 Å². The smallest absolute Gasteiger partial charge is 0.273 e. The molecule has 0 radical (unpaired) electrons. The molecular weight excluding hydrogens is 328 g/mol. The van der Waals surface area contributed by atoms with Gasteiger partial charge in [-0.1, -0.05) is 5.16 Å². The van der Waals surface area contributed by atoms with Crippen LogP contribution in [0.15, 0.2) is 16.0 Å². The summed E-state index contributed by atoms with van der Waals surface area (Å²) in [6.45, 7) is 3.41. The number of β-amino-alcohol motifs (C(OH)–C–C–N with tert-alkyl or cyclic N) is 1. The zero-order valence-corrected chi connectivity index (χ0v) is 14.9. The van der Waals surface area contributed by atoms with Gasteiger partial charge < -0.3 is 19.4 Å². The van der Waals surface area contributed by atoms with E-state index < -0.39 is 6.10 Å².